The normalized spacial score (nSPS) is 11.1. The van der Waals surface area contributed by atoms with Crippen molar-refractivity contribution in [1.29, 1.82) is 0 Å². The zero-order chi connectivity index (χ0) is 17.7. The summed E-state index contributed by atoms with van der Waals surface area (Å²) in [5.41, 5.74) is 0.746. The molecule has 0 saturated carbocycles. The Balaban J connectivity index is 2.00. The molecule has 1 aromatic heterocycles. The van der Waals surface area contributed by atoms with Crippen molar-refractivity contribution in [1.82, 2.24) is 15.1 Å². The summed E-state index contributed by atoms with van der Waals surface area (Å²) in [4.78, 5) is 11.8. The zero-order valence-electron chi connectivity index (χ0n) is 13.2. The van der Waals surface area contributed by atoms with Gasteiger partial charge in [0.05, 0.1) is 20.4 Å². The highest BCUT2D eigenvalue weighted by Gasteiger charge is 2.13. The van der Waals surface area contributed by atoms with E-state index >= 15 is 0 Å². The lowest BCUT2D eigenvalue weighted by molar-refractivity contribution is -0.122. The molecule has 0 aliphatic rings. The van der Waals surface area contributed by atoms with Gasteiger partial charge in [-0.15, -0.1) is 0 Å². The number of sulfonamides is 1. The summed E-state index contributed by atoms with van der Waals surface area (Å²) in [6, 6.07) is 5.25. The summed E-state index contributed by atoms with van der Waals surface area (Å²) in [7, 11) is -0.755. The summed E-state index contributed by atoms with van der Waals surface area (Å²) >= 11 is 0. The number of carbonyl (C=O) groups is 1. The highest BCUT2D eigenvalue weighted by atomic mass is 32.2. The van der Waals surface area contributed by atoms with Crippen molar-refractivity contribution in [2.24, 2.45) is 5.14 Å². The molecule has 24 heavy (non-hydrogen) atoms. The lowest BCUT2D eigenvalue weighted by Gasteiger charge is -2.11. The van der Waals surface area contributed by atoms with E-state index in [0.717, 1.165) is 11.8 Å². The second-order valence-electron chi connectivity index (χ2n) is 4.87. The maximum Gasteiger partial charge on any atom is 0.242 e. The number of rotatable bonds is 7. The Kier molecular flexibility index (Phi) is 5.42. The van der Waals surface area contributed by atoms with Gasteiger partial charge in [0.25, 0.3) is 0 Å². The Morgan fingerprint density at radius 2 is 2.08 bits per heavy atom. The Labute approximate surface area is 139 Å². The summed E-state index contributed by atoms with van der Waals surface area (Å²) in [5.74, 6) is 0.917. The minimum Gasteiger partial charge on any atom is -0.497 e. The number of nitrogens with zero attached hydrogens (tertiary/aromatic N) is 2. The summed E-state index contributed by atoms with van der Waals surface area (Å²) in [6.45, 7) is 0.0876. The molecule has 2 rings (SSSR count). The van der Waals surface area contributed by atoms with E-state index in [0.29, 0.717) is 11.5 Å². The van der Waals surface area contributed by atoms with Crippen molar-refractivity contribution >= 4 is 15.9 Å². The van der Waals surface area contributed by atoms with Crippen molar-refractivity contribution in [2.45, 2.75) is 18.0 Å². The van der Waals surface area contributed by atoms with Crippen LogP contribution in [0.2, 0.25) is 0 Å². The van der Waals surface area contributed by atoms with Gasteiger partial charge in [-0.25, -0.2) is 13.6 Å². The van der Waals surface area contributed by atoms with Gasteiger partial charge in [0.1, 0.15) is 22.9 Å². The number of aromatic nitrogens is 2. The van der Waals surface area contributed by atoms with Crippen LogP contribution in [-0.2, 0) is 27.9 Å². The van der Waals surface area contributed by atoms with Gasteiger partial charge in [-0.3, -0.25) is 9.48 Å². The number of benzene rings is 1. The van der Waals surface area contributed by atoms with E-state index in [1.165, 1.54) is 18.0 Å². The lowest BCUT2D eigenvalue weighted by atomic mass is 10.2. The van der Waals surface area contributed by atoms with E-state index in [9.17, 15) is 13.2 Å². The second-order valence-corrected chi connectivity index (χ2v) is 6.43. The lowest BCUT2D eigenvalue weighted by Crippen LogP contribution is -2.27. The molecular weight excluding hydrogens is 336 g/mol. The molecule has 0 bridgehead atoms. The largest absolute Gasteiger partial charge is 0.497 e. The molecule has 0 unspecified atom stereocenters. The van der Waals surface area contributed by atoms with Gasteiger partial charge < -0.3 is 14.8 Å². The van der Waals surface area contributed by atoms with Gasteiger partial charge in [0, 0.05) is 18.3 Å². The van der Waals surface area contributed by atoms with E-state index in [1.807, 2.05) is 0 Å². The monoisotopic (exact) mass is 354 g/mol. The van der Waals surface area contributed by atoms with Crippen molar-refractivity contribution in [2.75, 3.05) is 14.2 Å². The van der Waals surface area contributed by atoms with Crippen LogP contribution in [0.4, 0.5) is 0 Å². The minimum absolute atomic E-state index is 0.137. The number of primary sulfonamides is 1. The molecule has 2 aromatic rings. The summed E-state index contributed by atoms with van der Waals surface area (Å²) in [5, 5.41) is 11.5. The molecule has 0 aliphatic carbocycles. The van der Waals surface area contributed by atoms with Crippen LogP contribution in [0.5, 0.6) is 11.5 Å². The van der Waals surface area contributed by atoms with E-state index in [4.69, 9.17) is 14.6 Å². The first-order valence-electron chi connectivity index (χ1n) is 6.86. The van der Waals surface area contributed by atoms with Crippen molar-refractivity contribution in [3.05, 3.63) is 36.2 Å². The van der Waals surface area contributed by atoms with Gasteiger partial charge in [-0.05, 0) is 18.2 Å². The van der Waals surface area contributed by atoms with Crippen LogP contribution in [0.3, 0.4) is 0 Å². The van der Waals surface area contributed by atoms with Gasteiger partial charge in [0.2, 0.25) is 15.9 Å². The van der Waals surface area contributed by atoms with Crippen LogP contribution >= 0.6 is 0 Å². The number of hydrogen-bond donors (Lipinski definition) is 2. The van der Waals surface area contributed by atoms with Crippen LogP contribution < -0.4 is 19.9 Å². The maximum absolute atomic E-state index is 12.0. The van der Waals surface area contributed by atoms with Crippen molar-refractivity contribution < 1.29 is 22.7 Å². The number of ether oxygens (including phenoxy) is 2. The number of nitrogens with one attached hydrogen (secondary N) is 1. The van der Waals surface area contributed by atoms with E-state index < -0.39 is 10.0 Å². The smallest absolute Gasteiger partial charge is 0.242 e. The molecule has 1 amide bonds. The fourth-order valence-electron chi connectivity index (χ4n) is 1.99. The minimum atomic E-state index is -3.84. The SMILES string of the molecule is COc1ccc(OC)c(CNC(=O)Cn2cc(S(N)(=O)=O)cn2)c1. The van der Waals surface area contributed by atoms with Gasteiger partial charge in [-0.1, -0.05) is 0 Å². The van der Waals surface area contributed by atoms with Crippen LogP contribution in [-0.4, -0.2) is 38.3 Å². The highest BCUT2D eigenvalue weighted by Crippen LogP contribution is 2.23. The third kappa shape index (κ3) is 4.46. The van der Waals surface area contributed by atoms with Crippen LogP contribution in [0.15, 0.2) is 35.5 Å². The Bertz CT molecular complexity index is 831. The predicted molar refractivity (Wildman–Crippen MR) is 85.0 cm³/mol. The maximum atomic E-state index is 12.0. The number of nitrogens with two attached hydrogens (primary N) is 1. The predicted octanol–water partition coefficient (Wildman–Crippen LogP) is -0.136. The third-order valence-corrected chi connectivity index (χ3v) is 4.08. The van der Waals surface area contributed by atoms with Gasteiger partial charge in [-0.2, -0.15) is 5.10 Å². The summed E-state index contributed by atoms with van der Waals surface area (Å²) in [6.07, 6.45) is 2.29. The Morgan fingerprint density at radius 1 is 1.33 bits per heavy atom. The molecule has 9 nitrogen and oxygen atoms in total. The third-order valence-electron chi connectivity index (χ3n) is 3.21. The quantitative estimate of drug-likeness (QED) is 0.713. The van der Waals surface area contributed by atoms with Crippen LogP contribution in [0.1, 0.15) is 5.56 Å². The molecular formula is C14H18N4O5S. The van der Waals surface area contributed by atoms with Crippen LogP contribution in [0, 0.1) is 0 Å². The van der Waals surface area contributed by atoms with Gasteiger partial charge in [0.15, 0.2) is 0 Å². The van der Waals surface area contributed by atoms with E-state index in [1.54, 1.807) is 25.3 Å². The first-order chi connectivity index (χ1) is 11.3. The average Bonchev–Trinajstić information content (AvgIpc) is 3.01. The number of methoxy groups -OCH3 is 2. The number of hydrogen-bond acceptors (Lipinski definition) is 6. The Morgan fingerprint density at radius 3 is 2.67 bits per heavy atom. The molecule has 0 spiro atoms. The average molecular weight is 354 g/mol. The second kappa shape index (κ2) is 7.32. The van der Waals surface area contributed by atoms with Crippen LogP contribution in [0.25, 0.3) is 0 Å². The molecule has 1 aromatic carbocycles. The first kappa shape index (κ1) is 17.8. The fraction of sp³-hybridized carbons (Fsp3) is 0.286. The zero-order valence-corrected chi connectivity index (χ0v) is 14.0. The van der Waals surface area contributed by atoms with Gasteiger partial charge >= 0.3 is 0 Å². The standard InChI is InChI=1S/C14H18N4O5S/c1-22-11-3-4-13(23-2)10(5-11)6-16-14(19)9-18-8-12(7-17-18)24(15,20)21/h3-5,7-8H,6,9H2,1-2H3,(H,16,19)(H2,15,20,21). The molecule has 1 heterocycles. The molecule has 0 radical (unpaired) electrons. The molecule has 0 saturated heterocycles. The molecule has 3 N–H and O–H groups in total. The Hall–Kier alpha value is -2.59. The number of carbonyl (C=O) groups excluding carboxylic acids is 1. The van der Waals surface area contributed by atoms with E-state index in [2.05, 4.69) is 10.4 Å². The molecule has 130 valence electrons. The van der Waals surface area contributed by atoms with Crippen molar-refractivity contribution in [3.8, 4) is 11.5 Å². The topological polar surface area (TPSA) is 126 Å². The number of amides is 1. The molecule has 0 fully saturated rings. The van der Waals surface area contributed by atoms with Crippen molar-refractivity contribution in [3.63, 3.8) is 0 Å². The van der Waals surface area contributed by atoms with E-state index in [-0.39, 0.29) is 23.9 Å². The highest BCUT2D eigenvalue weighted by molar-refractivity contribution is 7.89. The molecule has 0 atom stereocenters. The fourth-order valence-corrected chi connectivity index (χ4v) is 2.46. The molecule has 10 heteroatoms. The summed E-state index contributed by atoms with van der Waals surface area (Å²) < 4.78 is 33.9. The molecule has 0 aliphatic heterocycles. The first-order valence-corrected chi connectivity index (χ1v) is 8.41.